The Kier molecular flexibility index (Phi) is 4.24. The minimum atomic E-state index is -0.400. The number of carbonyl (C=O) groups is 2. The molecule has 2 aromatic rings. The predicted molar refractivity (Wildman–Crippen MR) is 90.1 cm³/mol. The van der Waals surface area contributed by atoms with Crippen LogP contribution in [0, 0.1) is 20.8 Å². The quantitative estimate of drug-likeness (QED) is 0.906. The number of anilines is 2. The number of hydrogen-bond donors (Lipinski definition) is 2. The van der Waals surface area contributed by atoms with Gasteiger partial charge in [-0.3, -0.25) is 10.1 Å². The van der Waals surface area contributed by atoms with E-state index < -0.39 is 6.03 Å². The summed E-state index contributed by atoms with van der Waals surface area (Å²) in [7, 11) is 0. The van der Waals surface area contributed by atoms with Crippen molar-refractivity contribution in [2.75, 3.05) is 16.8 Å². The Hall–Kier alpha value is -2.83. The molecule has 1 aromatic carbocycles. The van der Waals surface area contributed by atoms with Gasteiger partial charge >= 0.3 is 6.03 Å². The molecule has 0 bridgehead atoms. The first kappa shape index (κ1) is 16.0. The molecular formula is C17H20N4O3. The number of amides is 3. The van der Waals surface area contributed by atoms with Crippen LogP contribution < -0.4 is 15.5 Å². The average Bonchev–Trinajstić information content (AvgIpc) is 3.08. The highest BCUT2D eigenvalue weighted by Gasteiger charge is 2.31. The molecule has 7 heteroatoms. The Morgan fingerprint density at radius 3 is 2.71 bits per heavy atom. The monoisotopic (exact) mass is 328 g/mol. The van der Waals surface area contributed by atoms with Crippen LogP contribution in [0.3, 0.4) is 0 Å². The summed E-state index contributed by atoms with van der Waals surface area (Å²) in [6.45, 7) is 6.24. The number of aryl methyl sites for hydroxylation is 3. The zero-order chi connectivity index (χ0) is 17.3. The summed E-state index contributed by atoms with van der Waals surface area (Å²) in [5, 5.41) is 9.09. The van der Waals surface area contributed by atoms with E-state index in [9.17, 15) is 9.59 Å². The lowest BCUT2D eigenvalue weighted by Crippen LogP contribution is -2.39. The van der Waals surface area contributed by atoms with Crippen molar-refractivity contribution in [2.45, 2.75) is 33.2 Å². The van der Waals surface area contributed by atoms with Crippen LogP contribution in [-0.2, 0) is 4.79 Å². The van der Waals surface area contributed by atoms with Crippen molar-refractivity contribution in [1.29, 1.82) is 0 Å². The SMILES string of the molecule is Cc1cc(NC(=O)N[C@H]2CC(=O)N(c3ccc(C)c(C)c3)C2)no1. The Morgan fingerprint density at radius 2 is 2.04 bits per heavy atom. The molecule has 1 aromatic heterocycles. The first-order valence-corrected chi connectivity index (χ1v) is 7.81. The highest BCUT2D eigenvalue weighted by Crippen LogP contribution is 2.24. The minimum absolute atomic E-state index is 0.000772. The van der Waals surface area contributed by atoms with E-state index in [0.29, 0.717) is 18.1 Å². The van der Waals surface area contributed by atoms with Gasteiger partial charge in [0.1, 0.15) is 5.76 Å². The number of benzene rings is 1. The van der Waals surface area contributed by atoms with Gasteiger partial charge in [-0.2, -0.15) is 0 Å². The van der Waals surface area contributed by atoms with Gasteiger partial charge in [0, 0.05) is 24.7 Å². The molecule has 2 N–H and O–H groups in total. The van der Waals surface area contributed by atoms with Gasteiger partial charge in [-0.25, -0.2) is 4.79 Å². The van der Waals surface area contributed by atoms with Gasteiger partial charge in [-0.05, 0) is 44.0 Å². The molecule has 24 heavy (non-hydrogen) atoms. The third-order valence-electron chi connectivity index (χ3n) is 4.13. The second-order valence-electron chi connectivity index (χ2n) is 6.10. The molecule has 0 saturated carbocycles. The summed E-state index contributed by atoms with van der Waals surface area (Å²) < 4.78 is 4.89. The Bertz CT molecular complexity index is 784. The number of rotatable bonds is 3. The van der Waals surface area contributed by atoms with Gasteiger partial charge in [0.15, 0.2) is 5.82 Å². The third-order valence-corrected chi connectivity index (χ3v) is 4.13. The number of aromatic nitrogens is 1. The fraction of sp³-hybridized carbons (Fsp3) is 0.353. The molecule has 0 unspecified atom stereocenters. The zero-order valence-corrected chi connectivity index (χ0v) is 13.9. The van der Waals surface area contributed by atoms with Crippen LogP contribution in [-0.4, -0.2) is 29.7 Å². The summed E-state index contributed by atoms with van der Waals surface area (Å²) in [5.74, 6) is 0.962. The summed E-state index contributed by atoms with van der Waals surface area (Å²) in [6.07, 6.45) is 0.276. The van der Waals surface area contributed by atoms with Gasteiger partial charge in [-0.15, -0.1) is 0 Å². The van der Waals surface area contributed by atoms with Crippen molar-refractivity contribution in [2.24, 2.45) is 0 Å². The predicted octanol–water partition coefficient (Wildman–Crippen LogP) is 2.53. The lowest BCUT2D eigenvalue weighted by Gasteiger charge is -2.18. The molecule has 1 fully saturated rings. The zero-order valence-electron chi connectivity index (χ0n) is 13.9. The van der Waals surface area contributed by atoms with Crippen molar-refractivity contribution in [3.8, 4) is 0 Å². The molecule has 0 spiro atoms. The van der Waals surface area contributed by atoms with Crippen molar-refractivity contribution >= 4 is 23.4 Å². The topological polar surface area (TPSA) is 87.5 Å². The van der Waals surface area contributed by atoms with E-state index >= 15 is 0 Å². The van der Waals surface area contributed by atoms with Crippen molar-refractivity contribution < 1.29 is 14.1 Å². The van der Waals surface area contributed by atoms with Crippen molar-refractivity contribution in [1.82, 2.24) is 10.5 Å². The molecule has 2 heterocycles. The maximum atomic E-state index is 12.3. The van der Waals surface area contributed by atoms with Gasteiger partial charge in [0.25, 0.3) is 0 Å². The third kappa shape index (κ3) is 3.40. The molecule has 0 aliphatic carbocycles. The van der Waals surface area contributed by atoms with Crippen LogP contribution in [0.4, 0.5) is 16.3 Å². The van der Waals surface area contributed by atoms with Crippen LogP contribution in [0.1, 0.15) is 23.3 Å². The van der Waals surface area contributed by atoms with E-state index in [2.05, 4.69) is 15.8 Å². The second kappa shape index (κ2) is 6.35. The Balaban J connectivity index is 1.61. The molecule has 3 rings (SSSR count). The van der Waals surface area contributed by atoms with Crippen LogP contribution in [0.2, 0.25) is 0 Å². The Labute approximate surface area is 140 Å². The fourth-order valence-corrected chi connectivity index (χ4v) is 2.71. The largest absolute Gasteiger partial charge is 0.360 e. The maximum absolute atomic E-state index is 12.3. The molecule has 0 radical (unpaired) electrons. The summed E-state index contributed by atoms with van der Waals surface area (Å²) >= 11 is 0. The smallest absolute Gasteiger partial charge is 0.320 e. The van der Waals surface area contributed by atoms with Gasteiger partial charge < -0.3 is 14.7 Å². The summed E-state index contributed by atoms with van der Waals surface area (Å²) in [6, 6.07) is 6.91. The van der Waals surface area contributed by atoms with E-state index in [1.807, 2.05) is 32.0 Å². The van der Waals surface area contributed by atoms with Gasteiger partial charge in [0.2, 0.25) is 5.91 Å². The maximum Gasteiger partial charge on any atom is 0.320 e. The van der Waals surface area contributed by atoms with Crippen LogP contribution in [0.5, 0.6) is 0 Å². The van der Waals surface area contributed by atoms with Crippen LogP contribution in [0.15, 0.2) is 28.8 Å². The molecule has 3 amide bonds. The molecular weight excluding hydrogens is 308 g/mol. The highest BCUT2D eigenvalue weighted by molar-refractivity contribution is 5.97. The summed E-state index contributed by atoms with van der Waals surface area (Å²) in [5.41, 5.74) is 3.18. The van der Waals surface area contributed by atoms with Gasteiger partial charge in [0.05, 0.1) is 6.04 Å². The van der Waals surface area contributed by atoms with E-state index in [4.69, 9.17) is 4.52 Å². The number of nitrogens with one attached hydrogen (secondary N) is 2. The standard InChI is InChI=1S/C17H20N4O3/c1-10-4-5-14(6-11(10)2)21-9-13(8-16(21)22)18-17(23)19-15-7-12(3)24-20-15/h4-7,13H,8-9H2,1-3H3,(H2,18,19,20,23)/t13-/m0/s1. The molecule has 1 atom stereocenters. The Morgan fingerprint density at radius 1 is 1.25 bits per heavy atom. The van der Waals surface area contributed by atoms with E-state index in [1.165, 1.54) is 5.56 Å². The molecule has 7 nitrogen and oxygen atoms in total. The van der Waals surface area contributed by atoms with Crippen molar-refractivity contribution in [3.63, 3.8) is 0 Å². The van der Waals surface area contributed by atoms with Crippen LogP contribution >= 0.6 is 0 Å². The van der Waals surface area contributed by atoms with E-state index in [1.54, 1.807) is 17.9 Å². The normalized spacial score (nSPS) is 17.2. The summed E-state index contributed by atoms with van der Waals surface area (Å²) in [4.78, 5) is 25.9. The second-order valence-corrected chi connectivity index (χ2v) is 6.10. The first-order chi connectivity index (χ1) is 11.4. The molecule has 1 aliphatic rings. The lowest BCUT2D eigenvalue weighted by molar-refractivity contribution is -0.117. The fourth-order valence-electron chi connectivity index (χ4n) is 2.71. The molecule has 126 valence electrons. The minimum Gasteiger partial charge on any atom is -0.360 e. The number of hydrogen-bond acceptors (Lipinski definition) is 4. The number of nitrogens with zero attached hydrogens (tertiary/aromatic N) is 2. The lowest BCUT2D eigenvalue weighted by atomic mass is 10.1. The average molecular weight is 328 g/mol. The highest BCUT2D eigenvalue weighted by atomic mass is 16.5. The van der Waals surface area contributed by atoms with E-state index in [-0.39, 0.29) is 18.4 Å². The first-order valence-electron chi connectivity index (χ1n) is 7.81. The van der Waals surface area contributed by atoms with Crippen molar-refractivity contribution in [3.05, 3.63) is 41.2 Å². The van der Waals surface area contributed by atoms with Gasteiger partial charge in [-0.1, -0.05) is 11.2 Å². The van der Waals surface area contributed by atoms with Crippen LogP contribution in [0.25, 0.3) is 0 Å². The number of urea groups is 1. The number of carbonyl (C=O) groups excluding carboxylic acids is 2. The van der Waals surface area contributed by atoms with E-state index in [0.717, 1.165) is 11.3 Å². The molecule has 1 aliphatic heterocycles. The molecule has 1 saturated heterocycles.